The van der Waals surface area contributed by atoms with E-state index in [4.69, 9.17) is 4.74 Å². The average molecular weight is 366 g/mol. The zero-order valence-corrected chi connectivity index (χ0v) is 13.3. The molecule has 1 amide bonds. The van der Waals surface area contributed by atoms with Crippen LogP contribution in [0.25, 0.3) is 0 Å². The van der Waals surface area contributed by atoms with Crippen molar-refractivity contribution in [3.63, 3.8) is 0 Å². The fourth-order valence-electron chi connectivity index (χ4n) is 1.67. The quantitative estimate of drug-likeness (QED) is 0.840. The van der Waals surface area contributed by atoms with Crippen LogP contribution in [0.15, 0.2) is 46.9 Å². The molecule has 0 saturated heterocycles. The molecule has 2 aromatic carbocycles. The summed E-state index contributed by atoms with van der Waals surface area (Å²) in [5.74, 6) is -1.55. The smallest absolute Gasteiger partial charge is 0.338 e. The number of halogens is 2. The molecule has 0 saturated carbocycles. The molecular formula is C16H13BrFNO3. The molecule has 114 valence electrons. The lowest BCUT2D eigenvalue weighted by atomic mass is 10.2. The van der Waals surface area contributed by atoms with Gasteiger partial charge in [-0.25, -0.2) is 9.18 Å². The van der Waals surface area contributed by atoms with Gasteiger partial charge in [-0.1, -0.05) is 22.0 Å². The summed E-state index contributed by atoms with van der Waals surface area (Å²) in [6, 6.07) is 10.9. The Morgan fingerprint density at radius 2 is 1.86 bits per heavy atom. The fourth-order valence-corrected chi connectivity index (χ4v) is 1.93. The highest BCUT2D eigenvalue weighted by molar-refractivity contribution is 9.10. The third-order valence-electron chi connectivity index (χ3n) is 2.87. The summed E-state index contributed by atoms with van der Waals surface area (Å²) < 4.78 is 19.1. The van der Waals surface area contributed by atoms with Crippen LogP contribution in [-0.2, 0) is 9.53 Å². The van der Waals surface area contributed by atoms with Crippen molar-refractivity contribution in [1.29, 1.82) is 0 Å². The van der Waals surface area contributed by atoms with Gasteiger partial charge in [-0.3, -0.25) is 4.79 Å². The van der Waals surface area contributed by atoms with Gasteiger partial charge in [0.15, 0.2) is 6.61 Å². The lowest BCUT2D eigenvalue weighted by Gasteiger charge is -2.07. The number of esters is 1. The van der Waals surface area contributed by atoms with Gasteiger partial charge in [0.2, 0.25) is 0 Å². The summed E-state index contributed by atoms with van der Waals surface area (Å²) in [7, 11) is 0. The number of aryl methyl sites for hydroxylation is 1. The van der Waals surface area contributed by atoms with E-state index < -0.39 is 24.3 Å². The maximum atomic E-state index is 13.4. The van der Waals surface area contributed by atoms with Gasteiger partial charge < -0.3 is 10.1 Å². The first-order valence-electron chi connectivity index (χ1n) is 6.44. The van der Waals surface area contributed by atoms with E-state index in [0.29, 0.717) is 16.8 Å². The van der Waals surface area contributed by atoms with Gasteiger partial charge in [-0.05, 0) is 48.9 Å². The molecule has 0 aliphatic heterocycles. The minimum atomic E-state index is -0.599. The molecule has 6 heteroatoms. The van der Waals surface area contributed by atoms with Crippen molar-refractivity contribution in [2.24, 2.45) is 0 Å². The van der Waals surface area contributed by atoms with E-state index >= 15 is 0 Å². The van der Waals surface area contributed by atoms with Crippen LogP contribution < -0.4 is 5.32 Å². The molecule has 0 spiro atoms. The lowest BCUT2D eigenvalue weighted by molar-refractivity contribution is -0.119. The molecule has 0 unspecified atom stereocenters. The van der Waals surface area contributed by atoms with E-state index in [1.54, 1.807) is 43.3 Å². The minimum absolute atomic E-state index is 0.313. The maximum absolute atomic E-state index is 13.4. The summed E-state index contributed by atoms with van der Waals surface area (Å²) in [4.78, 5) is 23.4. The highest BCUT2D eigenvalue weighted by Gasteiger charge is 2.10. The van der Waals surface area contributed by atoms with Gasteiger partial charge >= 0.3 is 5.97 Å². The van der Waals surface area contributed by atoms with Gasteiger partial charge in [-0.15, -0.1) is 0 Å². The lowest BCUT2D eigenvalue weighted by Crippen LogP contribution is -2.21. The van der Waals surface area contributed by atoms with E-state index in [-0.39, 0.29) is 0 Å². The normalized spacial score (nSPS) is 10.1. The van der Waals surface area contributed by atoms with Gasteiger partial charge in [0.1, 0.15) is 5.82 Å². The van der Waals surface area contributed by atoms with Crippen LogP contribution in [0.1, 0.15) is 15.9 Å². The second kappa shape index (κ2) is 7.17. The van der Waals surface area contributed by atoms with Crippen LogP contribution in [0.2, 0.25) is 0 Å². The molecule has 0 radical (unpaired) electrons. The summed E-state index contributed by atoms with van der Waals surface area (Å²) in [6.07, 6.45) is 0. The molecule has 1 N–H and O–H groups in total. The summed E-state index contributed by atoms with van der Waals surface area (Å²) in [5, 5.41) is 2.46. The van der Waals surface area contributed by atoms with Crippen molar-refractivity contribution in [3.05, 3.63) is 63.9 Å². The predicted octanol–water partition coefficient (Wildman–Crippen LogP) is 3.69. The highest BCUT2D eigenvalue weighted by atomic mass is 79.9. The Hall–Kier alpha value is -2.21. The van der Waals surface area contributed by atoms with Crippen LogP contribution in [0.4, 0.5) is 10.1 Å². The van der Waals surface area contributed by atoms with E-state index in [2.05, 4.69) is 21.2 Å². The van der Waals surface area contributed by atoms with Gasteiger partial charge in [0, 0.05) is 10.2 Å². The summed E-state index contributed by atoms with van der Waals surface area (Å²) in [6.45, 7) is 1.19. The third-order valence-corrected chi connectivity index (χ3v) is 3.40. The molecule has 22 heavy (non-hydrogen) atoms. The third kappa shape index (κ3) is 4.39. The monoisotopic (exact) mass is 365 g/mol. The fraction of sp³-hybridized carbons (Fsp3) is 0.125. The van der Waals surface area contributed by atoms with E-state index in [9.17, 15) is 14.0 Å². The number of carbonyl (C=O) groups is 2. The van der Waals surface area contributed by atoms with Crippen LogP contribution in [-0.4, -0.2) is 18.5 Å². The molecule has 2 aromatic rings. The maximum Gasteiger partial charge on any atom is 0.338 e. The predicted molar refractivity (Wildman–Crippen MR) is 84.2 cm³/mol. The summed E-state index contributed by atoms with van der Waals surface area (Å²) >= 11 is 3.26. The summed E-state index contributed by atoms with van der Waals surface area (Å²) in [5.41, 5.74) is 1.14. The molecule has 0 heterocycles. The van der Waals surface area contributed by atoms with Gasteiger partial charge in [0.25, 0.3) is 5.91 Å². The Morgan fingerprint density at radius 1 is 1.18 bits per heavy atom. The number of benzene rings is 2. The Bertz CT molecular complexity index is 701. The molecular weight excluding hydrogens is 353 g/mol. The molecule has 0 aromatic heterocycles. The van der Waals surface area contributed by atoms with Crippen molar-refractivity contribution in [1.82, 2.24) is 0 Å². The van der Waals surface area contributed by atoms with E-state index in [0.717, 1.165) is 4.47 Å². The molecule has 0 fully saturated rings. The molecule has 2 rings (SSSR count). The second-order valence-electron chi connectivity index (χ2n) is 4.60. The minimum Gasteiger partial charge on any atom is -0.452 e. The molecule has 0 atom stereocenters. The number of carbonyl (C=O) groups excluding carboxylic acids is 2. The number of hydrogen-bond acceptors (Lipinski definition) is 3. The standard InChI is InChI=1S/C16H13BrFNO3/c1-10-2-7-13(8-14(10)18)19-15(20)9-22-16(21)11-3-5-12(17)6-4-11/h2-8H,9H2,1H3,(H,19,20). The number of anilines is 1. The first-order valence-corrected chi connectivity index (χ1v) is 7.23. The number of amides is 1. The topological polar surface area (TPSA) is 55.4 Å². The van der Waals surface area contributed by atoms with Crippen LogP contribution in [0, 0.1) is 12.7 Å². The molecule has 4 nitrogen and oxygen atoms in total. The number of hydrogen-bond donors (Lipinski definition) is 1. The van der Waals surface area contributed by atoms with E-state index in [1.165, 1.54) is 6.07 Å². The van der Waals surface area contributed by atoms with Crippen molar-refractivity contribution in [2.75, 3.05) is 11.9 Å². The van der Waals surface area contributed by atoms with Crippen molar-refractivity contribution >= 4 is 33.5 Å². The van der Waals surface area contributed by atoms with Crippen molar-refractivity contribution in [3.8, 4) is 0 Å². The SMILES string of the molecule is Cc1ccc(NC(=O)COC(=O)c2ccc(Br)cc2)cc1F. The zero-order chi connectivity index (χ0) is 16.1. The Labute approximate surface area is 135 Å². The van der Waals surface area contributed by atoms with Crippen molar-refractivity contribution < 1.29 is 18.7 Å². The van der Waals surface area contributed by atoms with Crippen LogP contribution >= 0.6 is 15.9 Å². The first kappa shape index (κ1) is 16.2. The molecule has 0 bridgehead atoms. The van der Waals surface area contributed by atoms with Crippen LogP contribution in [0.5, 0.6) is 0 Å². The molecule has 0 aliphatic carbocycles. The van der Waals surface area contributed by atoms with Gasteiger partial charge in [0.05, 0.1) is 5.56 Å². The average Bonchev–Trinajstić information content (AvgIpc) is 2.49. The van der Waals surface area contributed by atoms with Crippen molar-refractivity contribution in [2.45, 2.75) is 6.92 Å². The second-order valence-corrected chi connectivity index (χ2v) is 5.51. The number of nitrogens with one attached hydrogen (secondary N) is 1. The largest absolute Gasteiger partial charge is 0.452 e. The Morgan fingerprint density at radius 3 is 2.50 bits per heavy atom. The highest BCUT2D eigenvalue weighted by Crippen LogP contribution is 2.14. The Balaban J connectivity index is 1.88. The van der Waals surface area contributed by atoms with Crippen LogP contribution in [0.3, 0.4) is 0 Å². The number of ether oxygens (including phenoxy) is 1. The first-order chi connectivity index (χ1) is 10.5. The zero-order valence-electron chi connectivity index (χ0n) is 11.7. The Kier molecular flexibility index (Phi) is 5.27. The molecule has 0 aliphatic rings. The van der Waals surface area contributed by atoms with Gasteiger partial charge in [-0.2, -0.15) is 0 Å². The number of rotatable bonds is 4. The van der Waals surface area contributed by atoms with E-state index in [1.807, 2.05) is 0 Å².